The number of nitrogens with one attached hydrogen (secondary N) is 1. The van der Waals surface area contributed by atoms with E-state index in [-0.39, 0.29) is 12.0 Å². The average Bonchev–Trinajstić information content (AvgIpc) is 2.73. The van der Waals surface area contributed by atoms with Gasteiger partial charge in [0.05, 0.1) is 19.3 Å². The summed E-state index contributed by atoms with van der Waals surface area (Å²) >= 11 is 0. The maximum atomic E-state index is 12.5. The van der Waals surface area contributed by atoms with Crippen molar-refractivity contribution in [3.8, 4) is 5.88 Å². The number of nitrogens with zero attached hydrogens (tertiary/aromatic N) is 3. The van der Waals surface area contributed by atoms with Crippen LogP contribution in [-0.2, 0) is 16.0 Å². The van der Waals surface area contributed by atoms with Gasteiger partial charge in [0, 0.05) is 39.1 Å². The molecule has 0 spiro atoms. The van der Waals surface area contributed by atoms with Gasteiger partial charge in [0.2, 0.25) is 5.88 Å². The van der Waals surface area contributed by atoms with E-state index in [1.165, 1.54) is 0 Å². The molecule has 2 aromatic rings. The Balaban J connectivity index is 1.56. The zero-order valence-electron chi connectivity index (χ0n) is 16.3. The highest BCUT2D eigenvalue weighted by Crippen LogP contribution is 2.16. The van der Waals surface area contributed by atoms with Crippen molar-refractivity contribution in [2.24, 2.45) is 0 Å². The second-order valence-corrected chi connectivity index (χ2v) is 6.53. The van der Waals surface area contributed by atoms with E-state index in [4.69, 9.17) is 14.2 Å². The fraction of sp³-hybridized carbons (Fsp3) is 0.450. The van der Waals surface area contributed by atoms with Crippen molar-refractivity contribution in [3.05, 3.63) is 47.8 Å². The molecule has 8 nitrogen and oxygen atoms in total. The predicted octanol–water partition coefficient (Wildman–Crippen LogP) is 1.66. The summed E-state index contributed by atoms with van der Waals surface area (Å²) in [6.45, 7) is 5.56. The summed E-state index contributed by atoms with van der Waals surface area (Å²) in [7, 11) is 1.59. The van der Waals surface area contributed by atoms with E-state index in [9.17, 15) is 4.79 Å². The minimum Gasteiger partial charge on any atom is -0.475 e. The predicted molar refractivity (Wildman–Crippen MR) is 105 cm³/mol. The van der Waals surface area contributed by atoms with Crippen molar-refractivity contribution in [2.75, 3.05) is 44.9 Å². The molecule has 3 rings (SSSR count). The molecule has 8 heteroatoms. The molecule has 1 saturated heterocycles. The Morgan fingerprint density at radius 2 is 2.21 bits per heavy atom. The molecule has 1 aliphatic heterocycles. The molecule has 0 aromatic carbocycles. The summed E-state index contributed by atoms with van der Waals surface area (Å²) in [6, 6.07) is 7.34. The van der Waals surface area contributed by atoms with Crippen LogP contribution in [0.1, 0.15) is 22.8 Å². The second-order valence-electron chi connectivity index (χ2n) is 6.53. The van der Waals surface area contributed by atoms with Crippen molar-refractivity contribution in [3.63, 3.8) is 0 Å². The molecule has 0 aliphatic carbocycles. The molecule has 3 heterocycles. The van der Waals surface area contributed by atoms with Gasteiger partial charge in [0.1, 0.15) is 18.0 Å². The lowest BCUT2D eigenvalue weighted by atomic mass is 10.2. The van der Waals surface area contributed by atoms with Gasteiger partial charge in [-0.05, 0) is 30.7 Å². The maximum absolute atomic E-state index is 12.5. The molecular weight excluding hydrogens is 360 g/mol. The fourth-order valence-electron chi connectivity index (χ4n) is 2.91. The Morgan fingerprint density at radius 3 is 2.96 bits per heavy atom. The first kappa shape index (κ1) is 20.0. The van der Waals surface area contributed by atoms with Gasteiger partial charge < -0.3 is 24.4 Å². The molecule has 28 heavy (non-hydrogen) atoms. The minimum atomic E-state index is -0.244. The van der Waals surface area contributed by atoms with Crippen LogP contribution >= 0.6 is 0 Å². The lowest BCUT2D eigenvalue weighted by Gasteiger charge is -2.32. The zero-order valence-corrected chi connectivity index (χ0v) is 16.3. The van der Waals surface area contributed by atoms with Crippen LogP contribution in [0.2, 0.25) is 0 Å². The highest BCUT2D eigenvalue weighted by atomic mass is 16.5. The first-order chi connectivity index (χ1) is 13.7. The normalized spacial score (nSPS) is 16.6. The third kappa shape index (κ3) is 5.40. The number of hydrogen-bond donors (Lipinski definition) is 1. The molecule has 150 valence electrons. The third-order valence-electron chi connectivity index (χ3n) is 4.37. The fourth-order valence-corrected chi connectivity index (χ4v) is 2.91. The van der Waals surface area contributed by atoms with Gasteiger partial charge in [-0.2, -0.15) is 0 Å². The summed E-state index contributed by atoms with van der Waals surface area (Å²) in [5.74, 6) is 0.977. The Morgan fingerprint density at radius 1 is 1.32 bits per heavy atom. The number of anilines is 1. The smallest absolute Gasteiger partial charge is 0.257 e. The van der Waals surface area contributed by atoms with Crippen LogP contribution in [-0.4, -0.2) is 62.0 Å². The van der Waals surface area contributed by atoms with Crippen LogP contribution in [0, 0.1) is 0 Å². The summed E-state index contributed by atoms with van der Waals surface area (Å²) in [6.07, 6.45) is 3.58. The molecule has 1 N–H and O–H groups in total. The minimum absolute atomic E-state index is 0.203. The number of amides is 1. The van der Waals surface area contributed by atoms with Crippen LogP contribution < -0.4 is 15.0 Å². The number of methoxy groups -OCH3 is 1. The topological polar surface area (TPSA) is 85.8 Å². The van der Waals surface area contributed by atoms with Crippen LogP contribution in [0.25, 0.3) is 0 Å². The van der Waals surface area contributed by atoms with Gasteiger partial charge in [-0.1, -0.05) is 6.07 Å². The molecular formula is C20H26N4O4. The molecule has 2 aromatic heterocycles. The summed E-state index contributed by atoms with van der Waals surface area (Å²) < 4.78 is 16.0. The molecule has 1 atom stereocenters. The Kier molecular flexibility index (Phi) is 7.16. The van der Waals surface area contributed by atoms with E-state index in [0.29, 0.717) is 37.8 Å². The van der Waals surface area contributed by atoms with Crippen molar-refractivity contribution < 1.29 is 19.0 Å². The van der Waals surface area contributed by atoms with Crippen molar-refractivity contribution in [1.29, 1.82) is 0 Å². The second kappa shape index (κ2) is 10.0. The van der Waals surface area contributed by atoms with Crippen LogP contribution in [0.4, 0.5) is 5.82 Å². The van der Waals surface area contributed by atoms with Crippen LogP contribution in [0.5, 0.6) is 5.88 Å². The van der Waals surface area contributed by atoms with Crippen LogP contribution in [0.15, 0.2) is 36.7 Å². The Labute approximate surface area is 164 Å². The number of ether oxygens (including phenoxy) is 3. The molecule has 1 aliphatic rings. The van der Waals surface area contributed by atoms with E-state index in [1.54, 1.807) is 31.6 Å². The number of morpholine rings is 1. The standard InChI is InChI=1S/C20H26N4O4/c1-15-14-24(8-9-27-15)18-6-5-16(12-22-18)13-23-19(25)17-4-3-7-21-20(17)28-11-10-26-2/h3-7,12,15H,8-11,13-14H2,1-2H3,(H,23,25). The highest BCUT2D eigenvalue weighted by molar-refractivity contribution is 5.96. The number of carbonyl (C=O) groups is 1. The zero-order chi connectivity index (χ0) is 19.8. The third-order valence-corrected chi connectivity index (χ3v) is 4.37. The van der Waals surface area contributed by atoms with E-state index >= 15 is 0 Å². The Bertz CT molecular complexity index is 769. The average molecular weight is 386 g/mol. The van der Waals surface area contributed by atoms with E-state index < -0.39 is 0 Å². The highest BCUT2D eigenvalue weighted by Gasteiger charge is 2.18. The first-order valence-corrected chi connectivity index (χ1v) is 9.34. The number of aromatic nitrogens is 2. The summed E-state index contributed by atoms with van der Waals surface area (Å²) in [5, 5.41) is 2.89. The quantitative estimate of drug-likeness (QED) is 0.691. The monoisotopic (exact) mass is 386 g/mol. The van der Waals surface area contributed by atoms with Gasteiger partial charge in [-0.15, -0.1) is 0 Å². The van der Waals surface area contributed by atoms with Crippen molar-refractivity contribution in [1.82, 2.24) is 15.3 Å². The van der Waals surface area contributed by atoms with Crippen molar-refractivity contribution in [2.45, 2.75) is 19.6 Å². The lowest BCUT2D eigenvalue weighted by Crippen LogP contribution is -2.41. The molecule has 1 fully saturated rings. The number of carbonyl (C=O) groups excluding carboxylic acids is 1. The molecule has 0 radical (unpaired) electrons. The van der Waals surface area contributed by atoms with Gasteiger partial charge in [0.25, 0.3) is 5.91 Å². The van der Waals surface area contributed by atoms with Gasteiger partial charge in [-0.25, -0.2) is 9.97 Å². The lowest BCUT2D eigenvalue weighted by molar-refractivity contribution is 0.0529. The molecule has 0 bridgehead atoms. The number of hydrogen-bond acceptors (Lipinski definition) is 7. The maximum Gasteiger partial charge on any atom is 0.257 e. The summed E-state index contributed by atoms with van der Waals surface area (Å²) in [4.78, 5) is 23.4. The number of rotatable bonds is 8. The van der Waals surface area contributed by atoms with Gasteiger partial charge >= 0.3 is 0 Å². The van der Waals surface area contributed by atoms with Gasteiger partial charge in [0.15, 0.2) is 0 Å². The van der Waals surface area contributed by atoms with Gasteiger partial charge in [-0.3, -0.25) is 4.79 Å². The molecule has 0 saturated carbocycles. The first-order valence-electron chi connectivity index (χ1n) is 9.34. The van der Waals surface area contributed by atoms with Crippen molar-refractivity contribution >= 4 is 11.7 Å². The number of pyridine rings is 2. The summed E-state index contributed by atoms with van der Waals surface area (Å²) in [5.41, 5.74) is 1.31. The van der Waals surface area contributed by atoms with E-state index in [2.05, 4.69) is 27.1 Å². The largest absolute Gasteiger partial charge is 0.475 e. The molecule has 1 amide bonds. The van der Waals surface area contributed by atoms with E-state index in [0.717, 1.165) is 24.5 Å². The Hall–Kier alpha value is -2.71. The van der Waals surface area contributed by atoms with E-state index in [1.807, 2.05) is 12.1 Å². The SMILES string of the molecule is COCCOc1ncccc1C(=O)NCc1ccc(N2CCOC(C)C2)nc1. The molecule has 1 unspecified atom stereocenters. The van der Waals surface area contributed by atoms with Crippen LogP contribution in [0.3, 0.4) is 0 Å².